The van der Waals surface area contributed by atoms with Crippen LogP contribution in [0.5, 0.6) is 0 Å². The van der Waals surface area contributed by atoms with Crippen LogP contribution in [0, 0.1) is 5.92 Å². The highest BCUT2D eigenvalue weighted by Gasteiger charge is 2.10. The van der Waals surface area contributed by atoms with E-state index >= 15 is 0 Å². The molecule has 90 valence electrons. The Hall–Kier alpha value is -0.350. The van der Waals surface area contributed by atoms with Crippen molar-refractivity contribution in [3.05, 3.63) is 0 Å². The quantitative estimate of drug-likeness (QED) is 0.677. The fraction of sp³-hybridized carbons (Fsp3) is 0.909. The van der Waals surface area contributed by atoms with Crippen LogP contribution in [-0.2, 0) is 4.74 Å². The third kappa shape index (κ3) is 7.56. The molecule has 0 rings (SSSR count). The fourth-order valence-corrected chi connectivity index (χ4v) is 1.53. The Labute approximate surface area is 99.2 Å². The molecule has 1 N–H and O–H groups in total. The maximum Gasteiger partial charge on any atom is 0.169 e. The molecule has 0 aromatic carbocycles. The van der Waals surface area contributed by atoms with Crippen molar-refractivity contribution in [1.29, 1.82) is 0 Å². The van der Waals surface area contributed by atoms with Crippen molar-refractivity contribution in [1.82, 2.24) is 10.2 Å². The van der Waals surface area contributed by atoms with Crippen molar-refractivity contribution < 1.29 is 4.74 Å². The monoisotopic (exact) mass is 232 g/mol. The number of methoxy groups -OCH3 is 1. The first-order chi connectivity index (χ1) is 7.11. The van der Waals surface area contributed by atoms with Gasteiger partial charge < -0.3 is 15.0 Å². The summed E-state index contributed by atoms with van der Waals surface area (Å²) in [5.41, 5.74) is 0. The van der Waals surface area contributed by atoms with E-state index in [2.05, 4.69) is 31.0 Å². The van der Waals surface area contributed by atoms with Crippen LogP contribution in [0.1, 0.15) is 27.2 Å². The topological polar surface area (TPSA) is 24.5 Å². The fourth-order valence-electron chi connectivity index (χ4n) is 1.26. The number of hydrogen-bond donors (Lipinski definition) is 1. The van der Waals surface area contributed by atoms with Gasteiger partial charge in [0.2, 0.25) is 0 Å². The van der Waals surface area contributed by atoms with E-state index in [1.165, 1.54) is 0 Å². The number of nitrogens with zero attached hydrogens (tertiary/aromatic N) is 1. The number of rotatable bonds is 7. The molecule has 0 bridgehead atoms. The van der Waals surface area contributed by atoms with Crippen molar-refractivity contribution in [2.45, 2.75) is 27.2 Å². The average molecular weight is 232 g/mol. The summed E-state index contributed by atoms with van der Waals surface area (Å²) in [4.78, 5) is 2.18. The molecule has 0 aromatic heterocycles. The lowest BCUT2D eigenvalue weighted by Gasteiger charge is -2.27. The number of thiocarbonyl (C=S) groups is 1. The van der Waals surface area contributed by atoms with Gasteiger partial charge in [-0.15, -0.1) is 0 Å². The molecule has 0 amide bonds. The Morgan fingerprint density at radius 1 is 1.47 bits per heavy atom. The number of ether oxygens (including phenoxy) is 1. The van der Waals surface area contributed by atoms with Gasteiger partial charge in [0.25, 0.3) is 0 Å². The minimum Gasteiger partial charge on any atom is -0.383 e. The predicted molar refractivity (Wildman–Crippen MR) is 69.2 cm³/mol. The lowest BCUT2D eigenvalue weighted by Crippen LogP contribution is -2.43. The van der Waals surface area contributed by atoms with E-state index in [-0.39, 0.29) is 0 Å². The average Bonchev–Trinajstić information content (AvgIpc) is 2.20. The molecule has 0 aliphatic carbocycles. The first-order valence-corrected chi connectivity index (χ1v) is 6.04. The normalized spacial score (nSPS) is 10.5. The molecular weight excluding hydrogens is 208 g/mol. The van der Waals surface area contributed by atoms with Crippen molar-refractivity contribution >= 4 is 17.3 Å². The highest BCUT2D eigenvalue weighted by atomic mass is 32.1. The van der Waals surface area contributed by atoms with E-state index in [4.69, 9.17) is 17.0 Å². The molecule has 0 atom stereocenters. The van der Waals surface area contributed by atoms with E-state index < -0.39 is 0 Å². The van der Waals surface area contributed by atoms with Crippen LogP contribution >= 0.6 is 12.2 Å². The SMILES string of the molecule is CCCNC(=S)N(CCOC)CC(C)C. The van der Waals surface area contributed by atoms with Gasteiger partial charge in [0.15, 0.2) is 5.11 Å². The highest BCUT2D eigenvalue weighted by molar-refractivity contribution is 7.80. The second-order valence-electron chi connectivity index (χ2n) is 4.06. The van der Waals surface area contributed by atoms with E-state index in [1.807, 2.05) is 0 Å². The predicted octanol–water partition coefficient (Wildman–Crippen LogP) is 1.88. The molecule has 0 spiro atoms. The third-order valence-electron chi connectivity index (χ3n) is 1.96. The first kappa shape index (κ1) is 14.6. The molecular formula is C11H24N2OS. The zero-order valence-electron chi connectivity index (χ0n) is 10.4. The maximum absolute atomic E-state index is 5.33. The molecule has 15 heavy (non-hydrogen) atoms. The summed E-state index contributed by atoms with van der Waals surface area (Å²) in [6, 6.07) is 0. The summed E-state index contributed by atoms with van der Waals surface area (Å²) in [6.07, 6.45) is 1.10. The van der Waals surface area contributed by atoms with Crippen LogP contribution in [0.2, 0.25) is 0 Å². The van der Waals surface area contributed by atoms with Gasteiger partial charge in [-0.25, -0.2) is 0 Å². The molecule has 0 fully saturated rings. The smallest absolute Gasteiger partial charge is 0.169 e. The van der Waals surface area contributed by atoms with Crippen LogP contribution in [0.15, 0.2) is 0 Å². The summed E-state index contributed by atoms with van der Waals surface area (Å²) >= 11 is 5.33. The third-order valence-corrected chi connectivity index (χ3v) is 2.37. The lowest BCUT2D eigenvalue weighted by molar-refractivity contribution is 0.171. The molecule has 0 saturated carbocycles. The first-order valence-electron chi connectivity index (χ1n) is 5.63. The van der Waals surface area contributed by atoms with Gasteiger partial charge in [0, 0.05) is 26.7 Å². The minimum atomic E-state index is 0.614. The number of nitrogens with one attached hydrogen (secondary N) is 1. The van der Waals surface area contributed by atoms with Gasteiger partial charge >= 0.3 is 0 Å². The van der Waals surface area contributed by atoms with Gasteiger partial charge in [0.1, 0.15) is 0 Å². The minimum absolute atomic E-state index is 0.614. The molecule has 0 aliphatic heterocycles. The Morgan fingerprint density at radius 2 is 2.13 bits per heavy atom. The van der Waals surface area contributed by atoms with Crippen LogP contribution in [0.25, 0.3) is 0 Å². The van der Waals surface area contributed by atoms with Crippen LogP contribution in [0.4, 0.5) is 0 Å². The zero-order valence-corrected chi connectivity index (χ0v) is 11.2. The maximum atomic E-state index is 5.33. The highest BCUT2D eigenvalue weighted by Crippen LogP contribution is 1.99. The molecule has 0 unspecified atom stereocenters. The molecule has 3 nitrogen and oxygen atoms in total. The second-order valence-corrected chi connectivity index (χ2v) is 4.45. The van der Waals surface area contributed by atoms with Gasteiger partial charge in [-0.2, -0.15) is 0 Å². The van der Waals surface area contributed by atoms with Crippen molar-refractivity contribution in [2.75, 3.05) is 33.4 Å². The Balaban J connectivity index is 4.02. The van der Waals surface area contributed by atoms with Gasteiger partial charge in [-0.3, -0.25) is 0 Å². The second kappa shape index (κ2) is 8.92. The molecule has 0 aliphatic rings. The Morgan fingerprint density at radius 3 is 2.60 bits per heavy atom. The van der Waals surface area contributed by atoms with Gasteiger partial charge in [0.05, 0.1) is 6.61 Å². The van der Waals surface area contributed by atoms with E-state index in [0.29, 0.717) is 5.92 Å². The summed E-state index contributed by atoms with van der Waals surface area (Å²) in [7, 11) is 1.72. The van der Waals surface area contributed by atoms with E-state index in [0.717, 1.165) is 37.8 Å². The van der Waals surface area contributed by atoms with E-state index in [1.54, 1.807) is 7.11 Å². The van der Waals surface area contributed by atoms with Crippen LogP contribution < -0.4 is 5.32 Å². The standard InChI is InChI=1S/C11H24N2OS/c1-5-6-12-11(15)13(7-8-14-4)9-10(2)3/h10H,5-9H2,1-4H3,(H,12,15). The van der Waals surface area contributed by atoms with Crippen molar-refractivity contribution in [3.8, 4) is 0 Å². The van der Waals surface area contributed by atoms with Crippen LogP contribution in [-0.4, -0.2) is 43.4 Å². The zero-order chi connectivity index (χ0) is 11.7. The Bertz CT molecular complexity index is 174. The molecule has 4 heteroatoms. The summed E-state index contributed by atoms with van der Waals surface area (Å²) in [5.74, 6) is 0.614. The Kier molecular flexibility index (Phi) is 8.71. The molecule has 0 heterocycles. The number of hydrogen-bond acceptors (Lipinski definition) is 2. The summed E-state index contributed by atoms with van der Waals surface area (Å²) in [5, 5.41) is 4.10. The van der Waals surface area contributed by atoms with Crippen molar-refractivity contribution in [3.63, 3.8) is 0 Å². The summed E-state index contributed by atoms with van der Waals surface area (Å²) < 4.78 is 5.08. The molecule has 0 radical (unpaired) electrons. The molecule has 0 saturated heterocycles. The molecule has 0 aromatic rings. The largest absolute Gasteiger partial charge is 0.383 e. The van der Waals surface area contributed by atoms with E-state index in [9.17, 15) is 0 Å². The van der Waals surface area contributed by atoms with Crippen LogP contribution in [0.3, 0.4) is 0 Å². The van der Waals surface area contributed by atoms with Gasteiger partial charge in [-0.1, -0.05) is 20.8 Å². The lowest BCUT2D eigenvalue weighted by atomic mass is 10.2. The van der Waals surface area contributed by atoms with Crippen molar-refractivity contribution in [2.24, 2.45) is 5.92 Å². The van der Waals surface area contributed by atoms with Gasteiger partial charge in [-0.05, 0) is 24.6 Å². The summed E-state index contributed by atoms with van der Waals surface area (Å²) in [6.45, 7) is 10.0.